The zero-order valence-corrected chi connectivity index (χ0v) is 8.91. The first-order chi connectivity index (χ1) is 5.84. The fourth-order valence-electron chi connectivity index (χ4n) is 1.41. The van der Waals surface area contributed by atoms with E-state index in [0.29, 0.717) is 0 Å². The van der Waals surface area contributed by atoms with Crippen LogP contribution < -0.4 is 4.78 Å². The van der Waals surface area contributed by atoms with E-state index in [1.54, 1.807) is 5.56 Å². The minimum absolute atomic E-state index is 1.29. The molecule has 1 rings (SSSR count). The molecule has 0 N–H and O–H groups in total. The molecule has 1 heterocycles. The lowest BCUT2D eigenvalue weighted by atomic mass is 9.98. The monoisotopic (exact) mass is 180 g/mol. The average molecular weight is 180 g/mol. The van der Waals surface area contributed by atoms with Crippen LogP contribution in [-0.4, -0.2) is 7.85 Å². The second kappa shape index (κ2) is 5.42. The standard InChI is InChI=1S/C10H17BS/c1-2-3-4-5-6-9-7-8-12-10(9)11/h7-8H,2-6,11H2,1H3. The maximum Gasteiger partial charge on any atom is 0.152 e. The Morgan fingerprint density at radius 3 is 2.75 bits per heavy atom. The van der Waals surface area contributed by atoms with Gasteiger partial charge in [-0.3, -0.25) is 0 Å². The van der Waals surface area contributed by atoms with Crippen LogP contribution in [0.25, 0.3) is 0 Å². The fourth-order valence-corrected chi connectivity index (χ4v) is 2.17. The minimum atomic E-state index is 1.29. The van der Waals surface area contributed by atoms with Gasteiger partial charge in [-0.25, -0.2) is 0 Å². The highest BCUT2D eigenvalue weighted by atomic mass is 32.1. The molecule has 1 aromatic heterocycles. The summed E-state index contributed by atoms with van der Waals surface area (Å²) in [5.41, 5.74) is 1.57. The molecule has 0 aliphatic heterocycles. The van der Waals surface area contributed by atoms with Crippen LogP contribution in [0.15, 0.2) is 11.4 Å². The summed E-state index contributed by atoms with van der Waals surface area (Å²) in [6.07, 6.45) is 6.78. The molecule has 0 fully saturated rings. The van der Waals surface area contributed by atoms with Gasteiger partial charge in [0.15, 0.2) is 7.85 Å². The summed E-state index contributed by atoms with van der Waals surface area (Å²) in [5, 5.41) is 2.20. The van der Waals surface area contributed by atoms with Crippen molar-refractivity contribution in [1.82, 2.24) is 0 Å². The van der Waals surface area contributed by atoms with Gasteiger partial charge >= 0.3 is 0 Å². The molecule has 0 nitrogen and oxygen atoms in total. The van der Waals surface area contributed by atoms with Crippen LogP contribution in [0.4, 0.5) is 0 Å². The highest BCUT2D eigenvalue weighted by Crippen LogP contribution is 2.08. The number of hydrogen-bond donors (Lipinski definition) is 0. The first-order valence-corrected chi connectivity index (χ1v) is 5.75. The predicted octanol–water partition coefficient (Wildman–Crippen LogP) is 2.13. The van der Waals surface area contributed by atoms with Crippen LogP contribution in [0.2, 0.25) is 0 Å². The van der Waals surface area contributed by atoms with Crippen molar-refractivity contribution in [2.75, 3.05) is 0 Å². The van der Waals surface area contributed by atoms with E-state index in [0.717, 1.165) is 0 Å². The molecule has 0 saturated heterocycles. The molecule has 12 heavy (non-hydrogen) atoms. The van der Waals surface area contributed by atoms with Crippen LogP contribution in [0, 0.1) is 0 Å². The lowest BCUT2D eigenvalue weighted by Gasteiger charge is -1.99. The van der Waals surface area contributed by atoms with Crippen LogP contribution in [0.1, 0.15) is 38.2 Å². The Hall–Kier alpha value is -0.235. The Bertz CT molecular complexity index is 217. The zero-order chi connectivity index (χ0) is 8.81. The van der Waals surface area contributed by atoms with Gasteiger partial charge < -0.3 is 0 Å². The van der Waals surface area contributed by atoms with Gasteiger partial charge in [-0.15, -0.1) is 0 Å². The molecule has 0 saturated carbocycles. The SMILES string of the molecule is Bc1sccc1CCCCCC. The molecule has 1 aromatic rings. The van der Waals surface area contributed by atoms with E-state index in [-0.39, 0.29) is 0 Å². The van der Waals surface area contributed by atoms with Crippen molar-refractivity contribution in [2.45, 2.75) is 39.0 Å². The van der Waals surface area contributed by atoms with Gasteiger partial charge in [0, 0.05) is 0 Å². The predicted molar refractivity (Wildman–Crippen MR) is 60.3 cm³/mol. The quantitative estimate of drug-likeness (QED) is 0.481. The molecule has 0 aromatic carbocycles. The molecule has 0 amide bonds. The smallest absolute Gasteiger partial charge is 0.152 e. The Labute approximate surface area is 80.4 Å². The fraction of sp³-hybridized carbons (Fsp3) is 0.600. The zero-order valence-electron chi connectivity index (χ0n) is 8.10. The molecular weight excluding hydrogens is 163 g/mol. The van der Waals surface area contributed by atoms with E-state index >= 15 is 0 Å². The summed E-state index contributed by atoms with van der Waals surface area (Å²) in [5.74, 6) is 0. The van der Waals surface area contributed by atoms with Crippen molar-refractivity contribution < 1.29 is 0 Å². The third-order valence-corrected chi connectivity index (χ3v) is 3.15. The van der Waals surface area contributed by atoms with Crippen LogP contribution >= 0.6 is 11.3 Å². The topological polar surface area (TPSA) is 0 Å². The summed E-state index contributed by atoms with van der Waals surface area (Å²) >= 11 is 1.87. The summed E-state index contributed by atoms with van der Waals surface area (Å²) in [6, 6.07) is 2.27. The van der Waals surface area contributed by atoms with Crippen molar-refractivity contribution in [3.8, 4) is 0 Å². The number of unbranched alkanes of at least 4 members (excludes halogenated alkanes) is 3. The lowest BCUT2D eigenvalue weighted by Crippen LogP contribution is -2.02. The normalized spacial score (nSPS) is 10.4. The van der Waals surface area contributed by atoms with Gasteiger partial charge in [0.05, 0.1) is 0 Å². The van der Waals surface area contributed by atoms with Gasteiger partial charge in [0.1, 0.15) is 0 Å². The molecule has 66 valence electrons. The van der Waals surface area contributed by atoms with E-state index in [4.69, 9.17) is 0 Å². The molecule has 0 aliphatic rings. The van der Waals surface area contributed by atoms with Gasteiger partial charge in [0.25, 0.3) is 0 Å². The molecule has 0 unspecified atom stereocenters. The highest BCUT2D eigenvalue weighted by Gasteiger charge is 1.97. The molecular formula is C10H17BS. The maximum atomic E-state index is 2.27. The lowest BCUT2D eigenvalue weighted by molar-refractivity contribution is 0.668. The first kappa shape index (κ1) is 9.85. The average Bonchev–Trinajstić information content (AvgIpc) is 2.46. The summed E-state index contributed by atoms with van der Waals surface area (Å²) in [7, 11) is 2.22. The molecule has 0 spiro atoms. The molecule has 2 heteroatoms. The number of hydrogen-bond acceptors (Lipinski definition) is 1. The van der Waals surface area contributed by atoms with Crippen LogP contribution in [-0.2, 0) is 6.42 Å². The largest absolute Gasteiger partial charge is 0.159 e. The summed E-state index contributed by atoms with van der Waals surface area (Å²) < 4.78 is 1.51. The van der Waals surface area contributed by atoms with Gasteiger partial charge in [-0.05, 0) is 34.6 Å². The van der Waals surface area contributed by atoms with Gasteiger partial charge in [0.2, 0.25) is 0 Å². The Morgan fingerprint density at radius 1 is 1.33 bits per heavy atom. The van der Waals surface area contributed by atoms with Crippen molar-refractivity contribution in [1.29, 1.82) is 0 Å². The van der Waals surface area contributed by atoms with Crippen molar-refractivity contribution in [2.24, 2.45) is 0 Å². The van der Waals surface area contributed by atoms with Gasteiger partial charge in [-0.2, -0.15) is 11.3 Å². The van der Waals surface area contributed by atoms with Crippen molar-refractivity contribution >= 4 is 24.0 Å². The van der Waals surface area contributed by atoms with Crippen LogP contribution in [0.5, 0.6) is 0 Å². The summed E-state index contributed by atoms with van der Waals surface area (Å²) in [6.45, 7) is 2.26. The minimum Gasteiger partial charge on any atom is -0.159 e. The number of aryl methyl sites for hydroxylation is 1. The van der Waals surface area contributed by atoms with E-state index < -0.39 is 0 Å². The van der Waals surface area contributed by atoms with E-state index in [1.165, 1.54) is 36.9 Å². The molecule has 0 aliphatic carbocycles. The van der Waals surface area contributed by atoms with Crippen molar-refractivity contribution in [3.05, 3.63) is 17.0 Å². The Morgan fingerprint density at radius 2 is 2.17 bits per heavy atom. The highest BCUT2D eigenvalue weighted by molar-refractivity contribution is 7.18. The second-order valence-electron chi connectivity index (χ2n) is 3.31. The summed E-state index contributed by atoms with van der Waals surface area (Å²) in [4.78, 5) is 0. The molecule has 0 bridgehead atoms. The van der Waals surface area contributed by atoms with Crippen molar-refractivity contribution in [3.63, 3.8) is 0 Å². The Kier molecular flexibility index (Phi) is 4.45. The van der Waals surface area contributed by atoms with E-state index in [2.05, 4.69) is 26.2 Å². The Balaban J connectivity index is 2.20. The van der Waals surface area contributed by atoms with E-state index in [1.807, 2.05) is 11.3 Å². The van der Waals surface area contributed by atoms with Crippen LogP contribution in [0.3, 0.4) is 0 Å². The second-order valence-corrected chi connectivity index (χ2v) is 4.43. The molecule has 0 radical (unpaired) electrons. The van der Waals surface area contributed by atoms with E-state index in [9.17, 15) is 0 Å². The number of thiophene rings is 1. The first-order valence-electron chi connectivity index (χ1n) is 4.87. The number of rotatable bonds is 5. The third kappa shape index (κ3) is 3.02. The van der Waals surface area contributed by atoms with Gasteiger partial charge in [-0.1, -0.05) is 26.2 Å². The third-order valence-electron chi connectivity index (χ3n) is 2.27. The molecule has 0 atom stereocenters. The maximum absolute atomic E-state index is 2.27.